The van der Waals surface area contributed by atoms with Gasteiger partial charge in [0.1, 0.15) is 11.6 Å². The highest BCUT2D eigenvalue weighted by atomic mass is 19.1. The largest absolute Gasteiger partial charge is 0.508 e. The summed E-state index contributed by atoms with van der Waals surface area (Å²) >= 11 is 0. The van der Waals surface area contributed by atoms with Crippen molar-refractivity contribution in [3.63, 3.8) is 0 Å². The number of Topliss-reactive ketones (excluding diaryl/α,β-unsaturated/α-hetero) is 1. The molecule has 0 saturated heterocycles. The second-order valence-corrected chi connectivity index (χ2v) is 6.79. The predicted molar refractivity (Wildman–Crippen MR) is 101 cm³/mol. The Balaban J connectivity index is 1.40. The summed E-state index contributed by atoms with van der Waals surface area (Å²) in [6, 6.07) is 13.1. The first kappa shape index (κ1) is 18.3. The van der Waals surface area contributed by atoms with Crippen LogP contribution in [-0.4, -0.2) is 35.4 Å². The first-order valence-electron chi connectivity index (χ1n) is 9.07. The molecule has 0 bridgehead atoms. The lowest BCUT2D eigenvalue weighted by Crippen LogP contribution is -2.30. The fourth-order valence-electron chi connectivity index (χ4n) is 3.24. The molecule has 0 atom stereocenters. The van der Waals surface area contributed by atoms with Gasteiger partial charge in [-0.15, -0.1) is 0 Å². The topological polar surface area (TPSA) is 40.5 Å². The van der Waals surface area contributed by atoms with Crippen LogP contribution in [0.4, 0.5) is 4.39 Å². The summed E-state index contributed by atoms with van der Waals surface area (Å²) < 4.78 is 13.0. The number of aromatic hydroxyl groups is 1. The van der Waals surface area contributed by atoms with Crippen molar-refractivity contribution in [3.05, 3.63) is 77.1 Å². The van der Waals surface area contributed by atoms with Gasteiger partial charge in [-0.1, -0.05) is 23.8 Å². The predicted octanol–water partition coefficient (Wildman–Crippen LogP) is 4.37. The summed E-state index contributed by atoms with van der Waals surface area (Å²) in [6.45, 7) is 2.81. The van der Waals surface area contributed by atoms with E-state index in [1.165, 1.54) is 17.7 Å². The van der Waals surface area contributed by atoms with Crippen LogP contribution in [0.3, 0.4) is 0 Å². The lowest BCUT2D eigenvalue weighted by Gasteiger charge is -2.26. The normalized spacial score (nSPS) is 14.9. The molecule has 0 amide bonds. The van der Waals surface area contributed by atoms with E-state index < -0.39 is 0 Å². The second-order valence-electron chi connectivity index (χ2n) is 6.79. The molecule has 136 valence electrons. The molecule has 2 aromatic carbocycles. The van der Waals surface area contributed by atoms with Crippen molar-refractivity contribution in [2.24, 2.45) is 0 Å². The van der Waals surface area contributed by atoms with Crippen molar-refractivity contribution in [3.8, 4) is 5.75 Å². The number of carbonyl (C=O) groups excluding carboxylic acids is 1. The summed E-state index contributed by atoms with van der Waals surface area (Å²) in [7, 11) is 0. The molecule has 0 aromatic heterocycles. The van der Waals surface area contributed by atoms with Gasteiger partial charge in [0.05, 0.1) is 0 Å². The Morgan fingerprint density at radius 3 is 2.46 bits per heavy atom. The van der Waals surface area contributed by atoms with E-state index in [2.05, 4.69) is 11.0 Å². The number of halogens is 1. The number of rotatable bonds is 7. The van der Waals surface area contributed by atoms with Gasteiger partial charge in [-0.05, 0) is 67.8 Å². The number of hydrogen-bond acceptors (Lipinski definition) is 3. The maximum absolute atomic E-state index is 13.0. The summed E-state index contributed by atoms with van der Waals surface area (Å²) in [6.07, 6.45) is 5.51. The average Bonchev–Trinajstić information content (AvgIpc) is 2.65. The van der Waals surface area contributed by atoms with Crippen molar-refractivity contribution >= 4 is 5.78 Å². The monoisotopic (exact) mass is 353 g/mol. The Bertz CT molecular complexity index is 766. The number of hydrogen-bond donors (Lipinski definition) is 1. The van der Waals surface area contributed by atoms with Crippen LogP contribution < -0.4 is 0 Å². The summed E-state index contributed by atoms with van der Waals surface area (Å²) in [5.74, 6) is 0.104. The van der Waals surface area contributed by atoms with Crippen molar-refractivity contribution in [1.29, 1.82) is 0 Å². The number of nitrogens with zero attached hydrogens (tertiary/aromatic N) is 1. The first-order chi connectivity index (χ1) is 12.6. The fourth-order valence-corrected chi connectivity index (χ4v) is 3.24. The Hall–Kier alpha value is -2.46. The Morgan fingerprint density at radius 1 is 1.08 bits per heavy atom. The summed E-state index contributed by atoms with van der Waals surface area (Å²) in [4.78, 5) is 14.5. The molecule has 0 fully saturated rings. The highest BCUT2D eigenvalue weighted by Crippen LogP contribution is 2.18. The highest BCUT2D eigenvalue weighted by molar-refractivity contribution is 5.96. The van der Waals surface area contributed by atoms with Gasteiger partial charge in [-0.2, -0.15) is 0 Å². The van der Waals surface area contributed by atoms with Gasteiger partial charge >= 0.3 is 0 Å². The molecule has 1 aliphatic rings. The molecule has 4 heteroatoms. The van der Waals surface area contributed by atoms with Gasteiger partial charge in [-0.3, -0.25) is 9.69 Å². The number of phenols is 1. The Morgan fingerprint density at radius 2 is 1.81 bits per heavy atom. The van der Waals surface area contributed by atoms with Crippen LogP contribution in [0.2, 0.25) is 0 Å². The average molecular weight is 353 g/mol. The van der Waals surface area contributed by atoms with Crippen LogP contribution in [0, 0.1) is 5.82 Å². The molecule has 1 heterocycles. The molecule has 2 aromatic rings. The number of ketones is 1. The van der Waals surface area contributed by atoms with Gasteiger partial charge in [-0.25, -0.2) is 4.39 Å². The molecule has 0 unspecified atom stereocenters. The molecule has 0 aliphatic carbocycles. The molecule has 0 saturated carbocycles. The minimum Gasteiger partial charge on any atom is -0.508 e. The standard InChI is InChI=1S/C22H24FNO2/c23-20-7-3-17(4-8-20)16-18-11-14-24(15-12-18)13-1-2-22(26)19-5-9-21(25)10-6-19/h3-11,25H,1-2,12-16H2. The zero-order valence-electron chi connectivity index (χ0n) is 14.8. The second kappa shape index (κ2) is 8.77. The highest BCUT2D eigenvalue weighted by Gasteiger charge is 2.13. The SMILES string of the molecule is O=C(CCCN1CC=C(Cc2ccc(F)cc2)CC1)c1ccc(O)cc1. The van der Waals surface area contributed by atoms with Gasteiger partial charge < -0.3 is 5.11 Å². The van der Waals surface area contributed by atoms with E-state index in [1.807, 2.05) is 12.1 Å². The zero-order chi connectivity index (χ0) is 18.4. The van der Waals surface area contributed by atoms with E-state index in [9.17, 15) is 14.3 Å². The number of phenolic OH excluding ortho intramolecular Hbond substituents is 1. The third-order valence-corrected chi connectivity index (χ3v) is 4.80. The number of benzene rings is 2. The lowest BCUT2D eigenvalue weighted by molar-refractivity contribution is 0.0975. The molecular formula is C22H24FNO2. The van der Waals surface area contributed by atoms with Crippen LogP contribution >= 0.6 is 0 Å². The van der Waals surface area contributed by atoms with E-state index in [-0.39, 0.29) is 17.3 Å². The van der Waals surface area contributed by atoms with E-state index >= 15 is 0 Å². The maximum atomic E-state index is 13.0. The van der Waals surface area contributed by atoms with Crippen LogP contribution in [0.1, 0.15) is 35.2 Å². The van der Waals surface area contributed by atoms with Gasteiger partial charge in [0, 0.05) is 25.1 Å². The molecule has 1 aliphatic heterocycles. The van der Waals surface area contributed by atoms with Gasteiger partial charge in [0.2, 0.25) is 0 Å². The van der Waals surface area contributed by atoms with E-state index in [1.54, 1.807) is 24.3 Å². The van der Waals surface area contributed by atoms with E-state index in [4.69, 9.17) is 0 Å². The smallest absolute Gasteiger partial charge is 0.162 e. The minimum absolute atomic E-state index is 0.120. The molecule has 1 N–H and O–H groups in total. The molecule has 26 heavy (non-hydrogen) atoms. The third kappa shape index (κ3) is 5.27. The van der Waals surface area contributed by atoms with Crippen LogP contribution in [0.5, 0.6) is 5.75 Å². The third-order valence-electron chi connectivity index (χ3n) is 4.80. The number of carbonyl (C=O) groups is 1. The molecular weight excluding hydrogens is 329 g/mol. The maximum Gasteiger partial charge on any atom is 0.162 e. The molecule has 3 rings (SSSR count). The van der Waals surface area contributed by atoms with Gasteiger partial charge in [0.25, 0.3) is 0 Å². The fraction of sp³-hybridized carbons (Fsp3) is 0.318. The first-order valence-corrected chi connectivity index (χ1v) is 9.07. The zero-order valence-corrected chi connectivity index (χ0v) is 14.8. The van der Waals surface area contributed by atoms with Crippen molar-refractivity contribution in [1.82, 2.24) is 4.90 Å². The molecule has 3 nitrogen and oxygen atoms in total. The minimum atomic E-state index is -0.195. The lowest BCUT2D eigenvalue weighted by atomic mass is 9.99. The molecule has 0 spiro atoms. The Labute approximate surface area is 153 Å². The quantitative estimate of drug-likeness (QED) is 0.594. The summed E-state index contributed by atoms with van der Waals surface area (Å²) in [5.41, 5.74) is 3.20. The summed E-state index contributed by atoms with van der Waals surface area (Å²) in [5, 5.41) is 9.27. The van der Waals surface area contributed by atoms with E-state index in [0.29, 0.717) is 12.0 Å². The van der Waals surface area contributed by atoms with Crippen LogP contribution in [0.15, 0.2) is 60.2 Å². The molecule has 0 radical (unpaired) electrons. The van der Waals surface area contributed by atoms with Crippen molar-refractivity contribution in [2.45, 2.75) is 25.7 Å². The van der Waals surface area contributed by atoms with E-state index in [0.717, 1.165) is 44.5 Å². The van der Waals surface area contributed by atoms with Crippen LogP contribution in [0.25, 0.3) is 0 Å². The Kier molecular flexibility index (Phi) is 6.18. The van der Waals surface area contributed by atoms with Crippen molar-refractivity contribution < 1.29 is 14.3 Å². The van der Waals surface area contributed by atoms with Gasteiger partial charge in [0.15, 0.2) is 5.78 Å². The van der Waals surface area contributed by atoms with Crippen LogP contribution in [-0.2, 0) is 6.42 Å². The van der Waals surface area contributed by atoms with Crippen molar-refractivity contribution in [2.75, 3.05) is 19.6 Å².